The predicted molar refractivity (Wildman–Crippen MR) is 162 cm³/mol. The average Bonchev–Trinajstić information content (AvgIpc) is 3.50. The van der Waals surface area contributed by atoms with Crippen molar-refractivity contribution in [3.05, 3.63) is 14.9 Å². The Kier molecular flexibility index (Phi) is 12.1. The van der Waals surface area contributed by atoms with Crippen molar-refractivity contribution in [2.75, 3.05) is 7.05 Å². The Balaban J connectivity index is 0.000000644. The van der Waals surface area contributed by atoms with Crippen LogP contribution in [0.3, 0.4) is 0 Å². The predicted octanol–water partition coefficient (Wildman–Crippen LogP) is 10.5. The summed E-state index contributed by atoms with van der Waals surface area (Å²) in [7, 11) is 12.4. The van der Waals surface area contributed by atoms with E-state index in [-0.39, 0.29) is 14.9 Å². The summed E-state index contributed by atoms with van der Waals surface area (Å²) in [6.45, 7) is 2.57. The van der Waals surface area contributed by atoms with Gasteiger partial charge in [-0.2, -0.15) is 0 Å². The molecule has 12 unspecified atom stereocenters. The number of hydrogen-bond donors (Lipinski definition) is 0. The Labute approximate surface area is 256 Å². The molecule has 1 nitrogen and oxygen atoms in total. The Morgan fingerprint density at radius 3 is 1.61 bits per heavy atom. The van der Waals surface area contributed by atoms with Crippen molar-refractivity contribution in [1.29, 1.82) is 0 Å². The van der Waals surface area contributed by atoms with Crippen molar-refractivity contribution in [1.82, 2.24) is 4.90 Å². The molecule has 6 saturated carbocycles. The molecule has 7 aliphatic rings. The number of fused-ring (bicyclic) bond motifs is 8. The molecule has 4 heteroatoms. The minimum absolute atomic E-state index is 0. The summed E-state index contributed by atoms with van der Waals surface area (Å²) in [5.41, 5.74) is 0. The molecular weight excluding hydrogens is 585 g/mol. The van der Waals surface area contributed by atoms with Crippen LogP contribution >= 0.6 is 17.0 Å². The summed E-state index contributed by atoms with van der Waals surface area (Å²) < 4.78 is 0. The molecule has 0 amide bonds. The van der Waals surface area contributed by atoms with E-state index in [0.717, 1.165) is 77.2 Å². The van der Waals surface area contributed by atoms with Gasteiger partial charge in [-0.1, -0.05) is 45.4 Å². The average molecular weight is 644 g/mol. The van der Waals surface area contributed by atoms with E-state index in [0.29, 0.717) is 0 Å². The van der Waals surface area contributed by atoms with Crippen molar-refractivity contribution in [2.24, 2.45) is 65.1 Å². The molecule has 12 atom stereocenters. The van der Waals surface area contributed by atoms with Gasteiger partial charge in [0, 0.05) is 12.1 Å². The summed E-state index contributed by atoms with van der Waals surface area (Å²) in [5.74, 6) is 12.1. The van der Waals surface area contributed by atoms with Crippen molar-refractivity contribution >= 4 is 17.0 Å². The van der Waals surface area contributed by atoms with E-state index in [1.54, 1.807) is 89.9 Å². The molecule has 0 aromatic carbocycles. The van der Waals surface area contributed by atoms with Gasteiger partial charge in [0.05, 0.1) is 0 Å². The van der Waals surface area contributed by atoms with E-state index < -0.39 is 20.8 Å². The Morgan fingerprint density at radius 2 is 1.05 bits per heavy atom. The molecule has 0 aromatic heterocycles. The van der Waals surface area contributed by atoms with Gasteiger partial charge in [-0.3, -0.25) is 4.90 Å². The van der Waals surface area contributed by atoms with E-state index in [9.17, 15) is 0 Å². The van der Waals surface area contributed by atoms with Crippen molar-refractivity contribution in [3.63, 3.8) is 0 Å². The van der Waals surface area contributed by atoms with Gasteiger partial charge in [0.1, 0.15) is 0 Å². The molecule has 7 fully saturated rings. The molecule has 1 heterocycles. The van der Waals surface area contributed by atoms with Crippen LogP contribution in [0.15, 0.2) is 0 Å². The fourth-order valence-electron chi connectivity index (χ4n) is 12.7. The first-order valence-corrected chi connectivity index (χ1v) is 22.6. The third-order valence-corrected chi connectivity index (χ3v) is 13.6. The number of hydrogen-bond acceptors (Lipinski definition) is 1. The van der Waals surface area contributed by atoms with Crippen molar-refractivity contribution in [2.45, 2.75) is 128 Å². The molecular formula is C34H59Cl2NZr. The molecule has 0 bridgehead atoms. The maximum absolute atomic E-state index is 4.93. The number of likely N-dealkylation sites (tertiary alicyclic amines) is 1. The SMILES string of the molecule is CC1CCC2C(C1)C1C(CCC3C4CCCCC4C4CCCCC43)C3CCCCC3C1N2C.[CH3-].[CH3-].[Cl][Zr+2][Cl]. The summed E-state index contributed by atoms with van der Waals surface area (Å²) in [5, 5.41) is 0. The number of rotatable bonds is 3. The molecule has 0 N–H and O–H groups in total. The van der Waals surface area contributed by atoms with Crippen LogP contribution in [0, 0.1) is 80.0 Å². The van der Waals surface area contributed by atoms with Crippen LogP contribution in [0.1, 0.15) is 116 Å². The standard InChI is InChI=1S/C32H53N.2CH3.2ClH.Zr/c1-20-15-18-30-29(19-20)31-27(25-13-7-8-14-28(25)32(31)33(30)2)17-16-26-23-11-5-3-9-21(23)22-10-4-6-12-24(22)26;;;;;/h20-32H,3-19H2,1-2H3;2*1H3;2*1H;/q;2*-1;;;+4/p-2. The molecule has 1 saturated heterocycles. The molecule has 0 aromatic rings. The molecule has 1 aliphatic heterocycles. The first kappa shape index (κ1) is 32.3. The van der Waals surface area contributed by atoms with E-state index in [4.69, 9.17) is 17.0 Å². The van der Waals surface area contributed by atoms with Gasteiger partial charge < -0.3 is 14.9 Å². The maximum atomic E-state index is 4.93. The zero-order valence-corrected chi connectivity index (χ0v) is 29.2. The second kappa shape index (κ2) is 14.3. The van der Waals surface area contributed by atoms with Gasteiger partial charge >= 0.3 is 37.9 Å². The Morgan fingerprint density at radius 1 is 0.605 bits per heavy atom. The third kappa shape index (κ3) is 5.81. The van der Waals surface area contributed by atoms with Gasteiger partial charge in [-0.15, -0.1) is 0 Å². The van der Waals surface area contributed by atoms with Crippen LogP contribution in [0.2, 0.25) is 0 Å². The van der Waals surface area contributed by atoms with Crippen LogP contribution < -0.4 is 0 Å². The van der Waals surface area contributed by atoms with Gasteiger partial charge in [0.25, 0.3) is 0 Å². The summed E-state index contributed by atoms with van der Waals surface area (Å²) in [4.78, 5) is 2.99. The zero-order chi connectivity index (χ0) is 24.8. The first-order valence-electron chi connectivity index (χ1n) is 16.3. The molecule has 6 aliphatic carbocycles. The summed E-state index contributed by atoms with van der Waals surface area (Å²) >= 11 is -0.826. The normalized spacial score (nSPS) is 48.9. The minimum atomic E-state index is -0.826. The van der Waals surface area contributed by atoms with Gasteiger partial charge in [-0.05, 0) is 143 Å². The van der Waals surface area contributed by atoms with Crippen LogP contribution in [0.4, 0.5) is 0 Å². The van der Waals surface area contributed by atoms with Gasteiger partial charge in [0.15, 0.2) is 0 Å². The topological polar surface area (TPSA) is 3.24 Å². The van der Waals surface area contributed by atoms with E-state index >= 15 is 0 Å². The summed E-state index contributed by atoms with van der Waals surface area (Å²) in [6.07, 6.45) is 26.7. The quantitative estimate of drug-likeness (QED) is 0.277. The van der Waals surface area contributed by atoms with E-state index in [1.807, 2.05) is 0 Å². The van der Waals surface area contributed by atoms with E-state index in [2.05, 4.69) is 18.9 Å². The third-order valence-electron chi connectivity index (χ3n) is 13.6. The summed E-state index contributed by atoms with van der Waals surface area (Å²) in [6, 6.07) is 1.91. The Hall–Kier alpha value is 1.42. The van der Waals surface area contributed by atoms with E-state index in [1.165, 1.54) is 19.3 Å². The second-order valence-corrected chi connectivity index (χ2v) is 18.4. The fraction of sp³-hybridized carbons (Fsp3) is 0.941. The van der Waals surface area contributed by atoms with Crippen LogP contribution in [0.5, 0.6) is 0 Å². The fourth-order valence-corrected chi connectivity index (χ4v) is 12.7. The number of halogens is 2. The van der Waals surface area contributed by atoms with Gasteiger partial charge in [-0.25, -0.2) is 0 Å². The van der Waals surface area contributed by atoms with Crippen LogP contribution in [-0.2, 0) is 20.8 Å². The number of nitrogens with zero attached hydrogens (tertiary/aromatic N) is 1. The first-order chi connectivity index (χ1) is 17.6. The molecule has 38 heavy (non-hydrogen) atoms. The van der Waals surface area contributed by atoms with Crippen molar-refractivity contribution in [3.8, 4) is 0 Å². The molecule has 7 rings (SSSR count). The Bertz CT molecular complexity index is 711. The second-order valence-electron chi connectivity index (χ2n) is 14.7. The monoisotopic (exact) mass is 641 g/mol. The zero-order valence-electron chi connectivity index (χ0n) is 25.2. The van der Waals surface area contributed by atoms with Crippen LogP contribution in [-0.4, -0.2) is 24.0 Å². The molecule has 218 valence electrons. The van der Waals surface area contributed by atoms with Gasteiger partial charge in [0.2, 0.25) is 0 Å². The molecule has 0 spiro atoms. The van der Waals surface area contributed by atoms with Crippen LogP contribution in [0.25, 0.3) is 0 Å². The molecule has 0 radical (unpaired) electrons. The van der Waals surface area contributed by atoms with Crippen molar-refractivity contribution < 1.29 is 20.8 Å².